The average molecular weight is 610 g/mol. The fraction of sp³-hybridized carbons (Fsp3) is 0.522. The van der Waals surface area contributed by atoms with Crippen LogP contribution in [0.3, 0.4) is 0 Å². The van der Waals surface area contributed by atoms with Gasteiger partial charge < -0.3 is 4.74 Å². The van der Waals surface area contributed by atoms with Crippen molar-refractivity contribution < 1.29 is 35.6 Å². The van der Waals surface area contributed by atoms with Crippen LogP contribution >= 0.6 is 22.9 Å². The summed E-state index contributed by atoms with van der Waals surface area (Å²) in [5.41, 5.74) is 2.92. The lowest BCUT2D eigenvalue weighted by molar-refractivity contribution is -0.202. The lowest BCUT2D eigenvalue weighted by atomic mass is 10.2. The van der Waals surface area contributed by atoms with E-state index < -0.39 is 44.1 Å². The monoisotopic (exact) mass is 609 g/mol. The van der Waals surface area contributed by atoms with Crippen LogP contribution in [0.2, 0.25) is 0 Å². The Balaban J connectivity index is 1.57. The highest BCUT2D eigenvalue weighted by Gasteiger charge is 2.43. The van der Waals surface area contributed by atoms with Crippen molar-refractivity contribution in [3.8, 4) is 10.4 Å². The van der Waals surface area contributed by atoms with Gasteiger partial charge in [0.25, 0.3) is 15.9 Å². The fourth-order valence-corrected chi connectivity index (χ4v) is 9.00. The minimum Gasteiger partial charge on any atom is -0.350 e. The minimum atomic E-state index is -4.19. The molecular weight excluding hydrogens is 581 g/mol. The van der Waals surface area contributed by atoms with Gasteiger partial charge in [0.2, 0.25) is 10.0 Å². The molecule has 2 fully saturated rings. The van der Waals surface area contributed by atoms with Gasteiger partial charge in [-0.05, 0) is 49.1 Å². The summed E-state index contributed by atoms with van der Waals surface area (Å²) in [6.07, 6.45) is 1.85. The van der Waals surface area contributed by atoms with Gasteiger partial charge in [0.1, 0.15) is 16.1 Å². The third-order valence-electron chi connectivity index (χ3n) is 6.23. The summed E-state index contributed by atoms with van der Waals surface area (Å²) in [6.45, 7) is -0.243. The van der Waals surface area contributed by atoms with E-state index in [2.05, 4.69) is 5.48 Å². The van der Waals surface area contributed by atoms with Crippen LogP contribution in [0.5, 0.6) is 0 Å². The van der Waals surface area contributed by atoms with E-state index in [4.69, 9.17) is 21.2 Å². The molecule has 2 unspecified atom stereocenters. The minimum absolute atomic E-state index is 0.0235. The number of hydroxylamine groups is 1. The highest BCUT2D eigenvalue weighted by Crippen LogP contribution is 2.34. The summed E-state index contributed by atoms with van der Waals surface area (Å²) < 4.78 is 73.9. The zero-order chi connectivity index (χ0) is 27.3. The number of ether oxygens (including phenoxy) is 1. The van der Waals surface area contributed by atoms with Crippen LogP contribution in [0.25, 0.3) is 10.4 Å². The molecule has 4 rings (SSSR count). The van der Waals surface area contributed by atoms with E-state index in [1.54, 1.807) is 18.2 Å². The Labute approximate surface area is 230 Å². The number of nitrogens with one attached hydrogen (secondary N) is 1. The lowest BCUT2D eigenvalue weighted by Gasteiger charge is -2.38. The Hall–Kier alpha value is -1.65. The molecule has 2 saturated heterocycles. The number of carbonyl (C=O) groups excluding carboxylic acids is 1. The number of hydrogen-bond donors (Lipinski definition) is 1. The zero-order valence-corrected chi connectivity index (χ0v) is 23.6. The summed E-state index contributed by atoms with van der Waals surface area (Å²) in [5, 5.41) is 0. The summed E-state index contributed by atoms with van der Waals surface area (Å²) in [7, 11) is -7.96. The number of hydrogen-bond acceptors (Lipinski definition) is 8. The molecule has 0 saturated carbocycles. The van der Waals surface area contributed by atoms with Crippen LogP contribution in [-0.2, 0) is 34.4 Å². The molecule has 2 aliphatic heterocycles. The first-order chi connectivity index (χ1) is 18.1. The number of nitrogens with zero attached hydrogens (tertiary/aromatic N) is 2. The van der Waals surface area contributed by atoms with E-state index in [1.165, 1.54) is 18.2 Å². The lowest BCUT2D eigenvalue weighted by Crippen LogP contribution is -2.61. The molecular formula is C23H29ClFN3O7S3. The predicted octanol–water partition coefficient (Wildman–Crippen LogP) is 2.76. The van der Waals surface area contributed by atoms with Gasteiger partial charge in [-0.25, -0.2) is 31.5 Å². The first-order valence-corrected chi connectivity index (χ1v) is 16.5. The molecule has 1 amide bonds. The highest BCUT2D eigenvalue weighted by atomic mass is 35.5. The second-order valence-corrected chi connectivity index (χ2v) is 14.5. The summed E-state index contributed by atoms with van der Waals surface area (Å²) in [5.74, 6) is -1.26. The third kappa shape index (κ3) is 6.91. The van der Waals surface area contributed by atoms with Crippen molar-refractivity contribution in [1.82, 2.24) is 14.1 Å². The molecule has 2 aliphatic rings. The molecule has 0 radical (unpaired) electrons. The maximum atomic E-state index is 13.7. The van der Waals surface area contributed by atoms with Crippen LogP contribution in [0.4, 0.5) is 4.39 Å². The Morgan fingerprint density at radius 2 is 1.89 bits per heavy atom. The SMILES string of the molecule is O=C(NOC1CCCCO1)C1CN(S(=O)(=O)CCCCl)CCN1S(=O)(=O)c1ccc(-c2ccc(F)cc2)s1. The van der Waals surface area contributed by atoms with Crippen molar-refractivity contribution in [2.24, 2.45) is 0 Å². The molecule has 1 aromatic heterocycles. The fourth-order valence-electron chi connectivity index (χ4n) is 4.20. The summed E-state index contributed by atoms with van der Waals surface area (Å²) in [4.78, 5) is 19.2. The second-order valence-electron chi connectivity index (χ2n) is 8.85. The van der Waals surface area contributed by atoms with Crippen molar-refractivity contribution >= 4 is 48.9 Å². The number of carbonyl (C=O) groups is 1. The zero-order valence-electron chi connectivity index (χ0n) is 20.4. The molecule has 210 valence electrons. The van der Waals surface area contributed by atoms with Crippen molar-refractivity contribution in [2.75, 3.05) is 37.9 Å². The average Bonchev–Trinajstić information content (AvgIpc) is 3.42. The van der Waals surface area contributed by atoms with Crippen molar-refractivity contribution in [1.29, 1.82) is 0 Å². The molecule has 10 nitrogen and oxygen atoms in total. The molecule has 1 N–H and O–H groups in total. The molecule has 1 aromatic carbocycles. The quantitative estimate of drug-likeness (QED) is 0.325. The number of amides is 1. The van der Waals surface area contributed by atoms with E-state index in [0.717, 1.165) is 32.8 Å². The standard InChI is InChI=1S/C23H29ClFN3O7S3/c24-11-3-15-37(30,31)27-12-13-28(19(16-27)23(29)26-35-21-4-1-2-14-34-21)38(32,33)22-10-9-20(36-22)17-5-7-18(25)8-6-17/h5-10,19,21H,1-4,11-16H2,(H,26,29). The van der Waals surface area contributed by atoms with Gasteiger partial charge in [-0.1, -0.05) is 12.1 Å². The number of rotatable bonds is 10. The van der Waals surface area contributed by atoms with Crippen molar-refractivity contribution in [3.63, 3.8) is 0 Å². The number of thiophene rings is 1. The second kappa shape index (κ2) is 12.7. The Morgan fingerprint density at radius 3 is 2.58 bits per heavy atom. The molecule has 3 heterocycles. The first kappa shape index (κ1) is 29.3. The van der Waals surface area contributed by atoms with Crippen LogP contribution in [0, 0.1) is 5.82 Å². The number of benzene rings is 1. The third-order valence-corrected chi connectivity index (χ3v) is 11.9. The van der Waals surface area contributed by atoms with E-state index in [0.29, 0.717) is 23.5 Å². The normalized spacial score (nSPS) is 21.8. The molecule has 15 heteroatoms. The Bertz CT molecular complexity index is 1320. The van der Waals surface area contributed by atoms with Gasteiger partial charge in [0, 0.05) is 43.4 Å². The van der Waals surface area contributed by atoms with Crippen molar-refractivity contribution in [3.05, 3.63) is 42.2 Å². The van der Waals surface area contributed by atoms with Crippen LogP contribution < -0.4 is 5.48 Å². The maximum Gasteiger partial charge on any atom is 0.263 e. The number of alkyl halides is 1. The van der Waals surface area contributed by atoms with E-state index in [9.17, 15) is 26.0 Å². The molecule has 38 heavy (non-hydrogen) atoms. The van der Waals surface area contributed by atoms with Gasteiger partial charge in [0.15, 0.2) is 6.29 Å². The first-order valence-electron chi connectivity index (χ1n) is 12.1. The van der Waals surface area contributed by atoms with Gasteiger partial charge in [-0.15, -0.1) is 22.9 Å². The number of halogens is 2. The Kier molecular flexibility index (Phi) is 9.79. The molecule has 2 atom stereocenters. The van der Waals surface area contributed by atoms with Crippen LogP contribution in [0.15, 0.2) is 40.6 Å². The molecule has 0 bridgehead atoms. The van der Waals surface area contributed by atoms with Gasteiger partial charge in [-0.3, -0.25) is 4.79 Å². The molecule has 0 spiro atoms. The van der Waals surface area contributed by atoms with Crippen LogP contribution in [-0.4, -0.2) is 81.6 Å². The topological polar surface area (TPSA) is 122 Å². The van der Waals surface area contributed by atoms with Gasteiger partial charge in [0.05, 0.1) is 5.75 Å². The van der Waals surface area contributed by atoms with Gasteiger partial charge >= 0.3 is 0 Å². The molecule has 2 aromatic rings. The largest absolute Gasteiger partial charge is 0.350 e. The van der Waals surface area contributed by atoms with E-state index in [1.807, 2.05) is 0 Å². The number of sulfonamides is 2. The summed E-state index contributed by atoms with van der Waals surface area (Å²) >= 11 is 6.64. The van der Waals surface area contributed by atoms with Crippen molar-refractivity contribution in [2.45, 2.75) is 42.2 Å². The maximum absolute atomic E-state index is 13.7. The van der Waals surface area contributed by atoms with E-state index >= 15 is 0 Å². The number of piperazine rings is 1. The van der Waals surface area contributed by atoms with Gasteiger partial charge in [-0.2, -0.15) is 8.61 Å². The van der Waals surface area contributed by atoms with Crippen LogP contribution in [0.1, 0.15) is 25.7 Å². The molecule has 0 aliphatic carbocycles. The Morgan fingerprint density at radius 1 is 1.13 bits per heavy atom. The predicted molar refractivity (Wildman–Crippen MR) is 141 cm³/mol. The smallest absolute Gasteiger partial charge is 0.263 e. The van der Waals surface area contributed by atoms with E-state index in [-0.39, 0.29) is 41.9 Å². The summed E-state index contributed by atoms with van der Waals surface area (Å²) in [6, 6.07) is 7.30. The highest BCUT2D eigenvalue weighted by molar-refractivity contribution is 7.91.